The average molecular weight is 489 g/mol. The lowest BCUT2D eigenvalue weighted by molar-refractivity contribution is 0.489. The number of aromatic nitrogens is 5. The Morgan fingerprint density at radius 3 is 2.68 bits per heavy atom. The molecule has 5 aromatic heterocycles. The van der Waals surface area contributed by atoms with Gasteiger partial charge in [-0.1, -0.05) is 18.9 Å². The fraction of sp³-hybridized carbons (Fsp3) is 0.233. The summed E-state index contributed by atoms with van der Waals surface area (Å²) in [6.07, 6.45) is 16.5. The van der Waals surface area contributed by atoms with Crippen molar-refractivity contribution in [1.82, 2.24) is 30.5 Å². The zero-order valence-corrected chi connectivity index (χ0v) is 20.5. The number of fused-ring (bicyclic) bond motifs is 2. The second-order valence-electron chi connectivity index (χ2n) is 10.0. The molecule has 1 aliphatic rings. The van der Waals surface area contributed by atoms with Crippen molar-refractivity contribution >= 4 is 21.8 Å². The number of rotatable bonds is 7. The first-order valence-corrected chi connectivity index (χ1v) is 12.9. The van der Waals surface area contributed by atoms with Crippen molar-refractivity contribution in [3.8, 4) is 33.6 Å². The Labute approximate surface area is 214 Å². The Balaban J connectivity index is 1.20. The second kappa shape index (κ2) is 9.33. The summed E-state index contributed by atoms with van der Waals surface area (Å²) >= 11 is 0. The summed E-state index contributed by atoms with van der Waals surface area (Å²) in [5.41, 5.74) is 9.25. The number of aromatic amines is 2. The molecule has 6 aromatic rings. The van der Waals surface area contributed by atoms with E-state index in [0.717, 1.165) is 74.5 Å². The average Bonchev–Trinajstić information content (AvgIpc) is 3.74. The van der Waals surface area contributed by atoms with Crippen LogP contribution in [0.15, 0.2) is 78.1 Å². The minimum Gasteiger partial charge on any atom is -0.472 e. The van der Waals surface area contributed by atoms with Crippen molar-refractivity contribution in [3.63, 3.8) is 0 Å². The first-order chi connectivity index (χ1) is 18.3. The highest BCUT2D eigenvalue weighted by Gasteiger charge is 2.16. The summed E-state index contributed by atoms with van der Waals surface area (Å²) in [5.74, 6) is 0.828. The fourth-order valence-electron chi connectivity index (χ4n) is 5.60. The van der Waals surface area contributed by atoms with Gasteiger partial charge in [-0.3, -0.25) is 15.1 Å². The Hall–Kier alpha value is -4.23. The number of pyridine rings is 2. The molecule has 0 aliphatic heterocycles. The van der Waals surface area contributed by atoms with E-state index in [9.17, 15) is 0 Å². The number of furan rings is 1. The van der Waals surface area contributed by atoms with Gasteiger partial charge in [-0.15, -0.1) is 0 Å². The number of nitrogens with zero attached hydrogens (tertiary/aromatic N) is 3. The van der Waals surface area contributed by atoms with Crippen LogP contribution in [0.2, 0.25) is 0 Å². The largest absolute Gasteiger partial charge is 0.472 e. The van der Waals surface area contributed by atoms with E-state index in [1.165, 1.54) is 31.2 Å². The molecular weight excluding hydrogens is 460 g/mol. The highest BCUT2D eigenvalue weighted by Crippen LogP contribution is 2.35. The Morgan fingerprint density at radius 2 is 1.78 bits per heavy atom. The van der Waals surface area contributed by atoms with Crippen LogP contribution in [0, 0.1) is 5.92 Å². The van der Waals surface area contributed by atoms with Crippen LogP contribution in [0.5, 0.6) is 0 Å². The Morgan fingerprint density at radius 1 is 0.865 bits per heavy atom. The zero-order chi connectivity index (χ0) is 24.6. The standard InChI is InChI=1S/C30H28N6O/c1-2-4-19(3-1)12-31-13-20-9-23(15-32-14-20)21-5-6-27-25(10-21)30(36-35-27)28-11-24-26(22-7-8-37-18-22)16-33-17-29(24)34-28/h5-11,14-19,31,34H,1-4,12-13H2,(H,35,36). The van der Waals surface area contributed by atoms with Crippen molar-refractivity contribution in [2.24, 2.45) is 5.92 Å². The number of hydrogen-bond donors (Lipinski definition) is 3. The highest BCUT2D eigenvalue weighted by atomic mass is 16.3. The molecule has 0 saturated heterocycles. The van der Waals surface area contributed by atoms with Gasteiger partial charge in [0.25, 0.3) is 0 Å². The summed E-state index contributed by atoms with van der Waals surface area (Å²) in [6, 6.07) is 12.7. The molecule has 0 radical (unpaired) electrons. The van der Waals surface area contributed by atoms with Crippen LogP contribution in [0.25, 0.3) is 55.4 Å². The number of hydrogen-bond acceptors (Lipinski definition) is 5. The van der Waals surface area contributed by atoms with Gasteiger partial charge < -0.3 is 14.7 Å². The maximum Gasteiger partial charge on any atom is 0.116 e. The molecule has 0 unspecified atom stereocenters. The van der Waals surface area contributed by atoms with E-state index in [1.54, 1.807) is 12.5 Å². The molecule has 0 amide bonds. The van der Waals surface area contributed by atoms with E-state index in [1.807, 2.05) is 30.9 Å². The van der Waals surface area contributed by atoms with E-state index in [2.05, 4.69) is 60.8 Å². The van der Waals surface area contributed by atoms with Crippen LogP contribution in [-0.4, -0.2) is 31.7 Å². The van der Waals surface area contributed by atoms with Crippen molar-refractivity contribution < 1.29 is 4.42 Å². The van der Waals surface area contributed by atoms with E-state index in [0.29, 0.717) is 0 Å². The molecule has 7 rings (SSSR count). The SMILES string of the molecule is c1cc(-c2cncc3[nH]c(-c4n[nH]c5ccc(-c6cncc(CNCC7CCCC7)c6)cc45)cc23)co1. The Kier molecular flexibility index (Phi) is 5.55. The van der Waals surface area contributed by atoms with Gasteiger partial charge in [0.05, 0.1) is 35.5 Å². The molecule has 7 nitrogen and oxygen atoms in total. The third kappa shape index (κ3) is 4.21. The number of H-pyrrole nitrogens is 2. The lowest BCUT2D eigenvalue weighted by atomic mass is 10.0. The second-order valence-corrected chi connectivity index (χ2v) is 10.0. The predicted octanol–water partition coefficient (Wildman–Crippen LogP) is 6.71. The third-order valence-corrected chi connectivity index (χ3v) is 7.56. The molecule has 0 spiro atoms. The zero-order valence-electron chi connectivity index (χ0n) is 20.5. The number of benzene rings is 1. The summed E-state index contributed by atoms with van der Waals surface area (Å²) in [5, 5.41) is 13.6. The first-order valence-electron chi connectivity index (χ1n) is 12.9. The molecule has 1 fully saturated rings. The molecule has 0 atom stereocenters. The lowest BCUT2D eigenvalue weighted by Gasteiger charge is -2.11. The maximum absolute atomic E-state index is 5.30. The molecule has 3 N–H and O–H groups in total. The van der Waals surface area contributed by atoms with Gasteiger partial charge in [0.1, 0.15) is 5.69 Å². The van der Waals surface area contributed by atoms with Crippen molar-refractivity contribution in [1.29, 1.82) is 0 Å². The summed E-state index contributed by atoms with van der Waals surface area (Å²) in [6.45, 7) is 1.94. The van der Waals surface area contributed by atoms with Crippen LogP contribution in [0.1, 0.15) is 31.2 Å². The fourth-order valence-corrected chi connectivity index (χ4v) is 5.60. The van der Waals surface area contributed by atoms with Gasteiger partial charge in [0.2, 0.25) is 0 Å². The summed E-state index contributed by atoms with van der Waals surface area (Å²) in [4.78, 5) is 12.5. The van der Waals surface area contributed by atoms with Gasteiger partial charge >= 0.3 is 0 Å². The molecule has 0 bridgehead atoms. The minimum absolute atomic E-state index is 0.828. The van der Waals surface area contributed by atoms with Gasteiger partial charge in [0.15, 0.2) is 0 Å². The first kappa shape index (κ1) is 22.0. The predicted molar refractivity (Wildman–Crippen MR) is 146 cm³/mol. The monoisotopic (exact) mass is 488 g/mol. The topological polar surface area (TPSA) is 95.4 Å². The van der Waals surface area contributed by atoms with Gasteiger partial charge in [-0.05, 0) is 66.8 Å². The van der Waals surface area contributed by atoms with Crippen LogP contribution in [0.3, 0.4) is 0 Å². The van der Waals surface area contributed by atoms with Gasteiger partial charge in [0, 0.05) is 52.6 Å². The maximum atomic E-state index is 5.30. The van der Waals surface area contributed by atoms with E-state index >= 15 is 0 Å². The normalized spacial score (nSPS) is 14.3. The molecular formula is C30H28N6O. The van der Waals surface area contributed by atoms with Crippen LogP contribution in [-0.2, 0) is 6.54 Å². The van der Waals surface area contributed by atoms with Crippen LogP contribution in [0.4, 0.5) is 0 Å². The smallest absolute Gasteiger partial charge is 0.116 e. The molecule has 37 heavy (non-hydrogen) atoms. The van der Waals surface area contributed by atoms with E-state index < -0.39 is 0 Å². The molecule has 5 heterocycles. The molecule has 1 saturated carbocycles. The van der Waals surface area contributed by atoms with Crippen molar-refractivity contribution in [2.75, 3.05) is 6.54 Å². The van der Waals surface area contributed by atoms with E-state index in [4.69, 9.17) is 4.42 Å². The number of nitrogens with one attached hydrogen (secondary N) is 3. The third-order valence-electron chi connectivity index (χ3n) is 7.56. The quantitative estimate of drug-likeness (QED) is 0.232. The summed E-state index contributed by atoms with van der Waals surface area (Å²) in [7, 11) is 0. The van der Waals surface area contributed by atoms with Crippen LogP contribution >= 0.6 is 0 Å². The van der Waals surface area contributed by atoms with Gasteiger partial charge in [-0.25, -0.2) is 0 Å². The molecule has 7 heteroatoms. The lowest BCUT2D eigenvalue weighted by Crippen LogP contribution is -2.20. The highest BCUT2D eigenvalue weighted by molar-refractivity contribution is 6.01. The van der Waals surface area contributed by atoms with E-state index in [-0.39, 0.29) is 0 Å². The van der Waals surface area contributed by atoms with Crippen LogP contribution < -0.4 is 5.32 Å². The van der Waals surface area contributed by atoms with Crippen molar-refractivity contribution in [2.45, 2.75) is 32.2 Å². The molecule has 1 aliphatic carbocycles. The minimum atomic E-state index is 0.828. The summed E-state index contributed by atoms with van der Waals surface area (Å²) < 4.78 is 5.30. The Bertz CT molecular complexity index is 1670. The molecule has 1 aromatic carbocycles. The van der Waals surface area contributed by atoms with Gasteiger partial charge in [-0.2, -0.15) is 5.10 Å². The van der Waals surface area contributed by atoms with Crippen molar-refractivity contribution in [3.05, 3.63) is 79.3 Å². The molecule has 184 valence electrons.